The molecule has 2 bridgehead atoms. The number of ether oxygens (including phenoxy) is 3. The number of fused-ring (bicyclic) bond motifs is 4. The minimum Gasteiger partial charge on any atom is -0.454 e. The topological polar surface area (TPSA) is 56.8 Å². The van der Waals surface area contributed by atoms with Gasteiger partial charge in [0.15, 0.2) is 17.3 Å². The first-order valence-electron chi connectivity index (χ1n) is 6.70. The van der Waals surface area contributed by atoms with Crippen LogP contribution in [0.3, 0.4) is 0 Å². The second-order valence-corrected chi connectivity index (χ2v) is 5.62. The first-order valence-corrected chi connectivity index (χ1v) is 6.70. The van der Waals surface area contributed by atoms with Crippen LogP contribution in [0.2, 0.25) is 0 Å². The van der Waals surface area contributed by atoms with Crippen molar-refractivity contribution in [1.82, 2.24) is 5.32 Å². The van der Waals surface area contributed by atoms with Crippen LogP contribution < -0.4 is 14.8 Å². The van der Waals surface area contributed by atoms with Crippen molar-refractivity contribution in [3.63, 3.8) is 0 Å². The Bertz CT molecular complexity index is 614. The molecule has 2 fully saturated rings. The summed E-state index contributed by atoms with van der Waals surface area (Å²) in [5.74, 6) is 1.47. The Balaban J connectivity index is 1.73. The third-order valence-electron chi connectivity index (χ3n) is 4.74. The van der Waals surface area contributed by atoms with Crippen LogP contribution in [0.1, 0.15) is 41.4 Å². The first kappa shape index (κ1) is 10.2. The standard InChI is InChI=1S/C14H13NO4/c16-12-7-4-9-10(18-6-17-9)5-8(7)13-15-11-2-1-3-14(11,12)19-13/h4-5,11,13,15H,1-3,6H2/t11?,13-,14-/m1/s1. The van der Waals surface area contributed by atoms with E-state index in [9.17, 15) is 4.79 Å². The quantitative estimate of drug-likeness (QED) is 0.765. The van der Waals surface area contributed by atoms with Gasteiger partial charge >= 0.3 is 0 Å². The van der Waals surface area contributed by atoms with Crippen LogP contribution in [0.15, 0.2) is 12.1 Å². The molecule has 19 heavy (non-hydrogen) atoms. The van der Waals surface area contributed by atoms with E-state index >= 15 is 0 Å². The molecular weight excluding hydrogens is 246 g/mol. The van der Waals surface area contributed by atoms with Crippen LogP contribution in [0.4, 0.5) is 0 Å². The average Bonchev–Trinajstić information content (AvgIpc) is 3.07. The molecule has 4 aliphatic rings. The van der Waals surface area contributed by atoms with Gasteiger partial charge in [0.1, 0.15) is 11.8 Å². The van der Waals surface area contributed by atoms with Crippen molar-refractivity contribution in [1.29, 1.82) is 0 Å². The predicted molar refractivity (Wildman–Crippen MR) is 64.2 cm³/mol. The number of hydrogen-bond donors (Lipinski definition) is 1. The number of benzene rings is 1. The maximum atomic E-state index is 12.8. The van der Waals surface area contributed by atoms with Gasteiger partial charge in [-0.25, -0.2) is 0 Å². The minimum atomic E-state index is -0.634. The Morgan fingerprint density at radius 1 is 1.26 bits per heavy atom. The normalized spacial score (nSPS) is 37.4. The summed E-state index contributed by atoms with van der Waals surface area (Å²) in [6.07, 6.45) is 2.67. The van der Waals surface area contributed by atoms with Crippen LogP contribution in [-0.2, 0) is 4.74 Å². The van der Waals surface area contributed by atoms with E-state index < -0.39 is 5.60 Å². The molecule has 1 aromatic rings. The highest BCUT2D eigenvalue weighted by Crippen LogP contribution is 2.51. The van der Waals surface area contributed by atoms with E-state index in [4.69, 9.17) is 14.2 Å². The fourth-order valence-corrected chi connectivity index (χ4v) is 3.84. The van der Waals surface area contributed by atoms with Crippen LogP contribution in [0.5, 0.6) is 11.5 Å². The van der Waals surface area contributed by atoms with E-state index in [0.29, 0.717) is 11.5 Å². The minimum absolute atomic E-state index is 0.101. The van der Waals surface area contributed by atoms with Crippen molar-refractivity contribution >= 4 is 5.78 Å². The molecule has 1 saturated carbocycles. The Kier molecular flexibility index (Phi) is 1.67. The smallest absolute Gasteiger partial charge is 0.231 e. The lowest BCUT2D eigenvalue weighted by Gasteiger charge is -2.31. The molecule has 5 heteroatoms. The highest BCUT2D eigenvalue weighted by molar-refractivity contribution is 6.06. The Labute approximate surface area is 109 Å². The molecule has 5 nitrogen and oxygen atoms in total. The molecule has 1 N–H and O–H groups in total. The molecule has 1 aliphatic carbocycles. The number of hydrogen-bond acceptors (Lipinski definition) is 5. The van der Waals surface area contributed by atoms with Gasteiger partial charge in [-0.3, -0.25) is 10.1 Å². The monoisotopic (exact) mass is 259 g/mol. The molecular formula is C14H13NO4. The van der Waals surface area contributed by atoms with Gasteiger partial charge in [-0.2, -0.15) is 0 Å². The fraction of sp³-hybridized carbons (Fsp3) is 0.500. The zero-order valence-corrected chi connectivity index (χ0v) is 10.3. The lowest BCUT2D eigenvalue weighted by atomic mass is 9.85. The average molecular weight is 259 g/mol. The SMILES string of the molecule is O=C1c2cc3c(cc2[C@@H]2NC4CCC[C@]14O2)OCO3. The summed E-state index contributed by atoms with van der Waals surface area (Å²) in [6.45, 7) is 0.221. The Morgan fingerprint density at radius 3 is 3.00 bits per heavy atom. The van der Waals surface area contributed by atoms with Crippen molar-refractivity contribution in [2.75, 3.05) is 6.79 Å². The Hall–Kier alpha value is -1.59. The largest absolute Gasteiger partial charge is 0.454 e. The van der Waals surface area contributed by atoms with Gasteiger partial charge < -0.3 is 14.2 Å². The maximum absolute atomic E-state index is 12.8. The summed E-state index contributed by atoms with van der Waals surface area (Å²) in [4.78, 5) is 12.8. The summed E-state index contributed by atoms with van der Waals surface area (Å²) < 4.78 is 16.8. The number of Topliss-reactive ketones (excluding diaryl/α,β-unsaturated/α-hetero) is 1. The predicted octanol–water partition coefficient (Wildman–Crippen LogP) is 1.52. The van der Waals surface area contributed by atoms with E-state index in [2.05, 4.69) is 5.32 Å². The number of ketones is 1. The molecule has 98 valence electrons. The van der Waals surface area contributed by atoms with E-state index in [1.54, 1.807) is 0 Å². The summed E-state index contributed by atoms with van der Waals surface area (Å²) >= 11 is 0. The van der Waals surface area contributed by atoms with E-state index in [0.717, 1.165) is 30.4 Å². The zero-order valence-electron chi connectivity index (χ0n) is 10.3. The molecule has 0 aromatic heterocycles. The first-order chi connectivity index (χ1) is 9.28. The van der Waals surface area contributed by atoms with Crippen LogP contribution in [-0.4, -0.2) is 24.2 Å². The molecule has 0 amide bonds. The van der Waals surface area contributed by atoms with Crippen molar-refractivity contribution < 1.29 is 19.0 Å². The van der Waals surface area contributed by atoms with Crippen molar-refractivity contribution in [2.45, 2.75) is 37.1 Å². The molecule has 1 spiro atoms. The van der Waals surface area contributed by atoms with Crippen molar-refractivity contribution in [3.8, 4) is 11.5 Å². The highest BCUT2D eigenvalue weighted by atomic mass is 16.7. The molecule has 1 aromatic carbocycles. The summed E-state index contributed by atoms with van der Waals surface area (Å²) in [7, 11) is 0. The van der Waals surface area contributed by atoms with Gasteiger partial charge in [0.25, 0.3) is 0 Å². The number of carbonyl (C=O) groups excluding carboxylic acids is 1. The summed E-state index contributed by atoms with van der Waals surface area (Å²) in [5, 5.41) is 3.44. The van der Waals surface area contributed by atoms with E-state index in [-0.39, 0.29) is 24.8 Å². The van der Waals surface area contributed by atoms with Crippen LogP contribution >= 0.6 is 0 Å². The van der Waals surface area contributed by atoms with Gasteiger partial charge in [-0.15, -0.1) is 0 Å². The molecule has 1 saturated heterocycles. The van der Waals surface area contributed by atoms with Gasteiger partial charge in [0, 0.05) is 17.2 Å². The number of nitrogens with one attached hydrogen (secondary N) is 1. The third-order valence-corrected chi connectivity index (χ3v) is 4.74. The molecule has 3 aliphatic heterocycles. The molecule has 0 radical (unpaired) electrons. The van der Waals surface area contributed by atoms with Crippen molar-refractivity contribution in [3.05, 3.63) is 23.3 Å². The molecule has 5 rings (SSSR count). The lowest BCUT2D eigenvalue weighted by Crippen LogP contribution is -2.46. The van der Waals surface area contributed by atoms with Crippen LogP contribution in [0, 0.1) is 0 Å². The van der Waals surface area contributed by atoms with Crippen LogP contribution in [0.25, 0.3) is 0 Å². The summed E-state index contributed by atoms with van der Waals surface area (Å²) in [6, 6.07) is 3.84. The van der Waals surface area contributed by atoms with E-state index in [1.165, 1.54) is 0 Å². The second-order valence-electron chi connectivity index (χ2n) is 5.62. The number of carbonyl (C=O) groups is 1. The van der Waals surface area contributed by atoms with Gasteiger partial charge in [0.05, 0.1) is 0 Å². The zero-order chi connectivity index (χ0) is 12.6. The third kappa shape index (κ3) is 1.07. The van der Waals surface area contributed by atoms with Crippen molar-refractivity contribution in [2.24, 2.45) is 0 Å². The van der Waals surface area contributed by atoms with Gasteiger partial charge in [-0.05, 0) is 31.4 Å². The molecule has 3 heterocycles. The molecule has 1 unspecified atom stereocenters. The van der Waals surface area contributed by atoms with Gasteiger partial charge in [-0.1, -0.05) is 0 Å². The molecule has 3 atom stereocenters. The summed E-state index contributed by atoms with van der Waals surface area (Å²) in [5.41, 5.74) is 0.984. The fourth-order valence-electron chi connectivity index (χ4n) is 3.84. The van der Waals surface area contributed by atoms with E-state index in [1.807, 2.05) is 12.1 Å². The van der Waals surface area contributed by atoms with Gasteiger partial charge in [0.2, 0.25) is 6.79 Å². The second kappa shape index (κ2) is 3.11. The Morgan fingerprint density at radius 2 is 2.11 bits per heavy atom. The maximum Gasteiger partial charge on any atom is 0.231 e. The lowest BCUT2D eigenvalue weighted by molar-refractivity contribution is -0.0346. The highest BCUT2D eigenvalue weighted by Gasteiger charge is 2.60. The number of rotatable bonds is 0.